The van der Waals surface area contributed by atoms with Crippen molar-refractivity contribution in [2.75, 3.05) is 11.1 Å². The number of carbonyl (C=O) groups excluding carboxylic acids is 1. The topological polar surface area (TPSA) is 64.3 Å². The van der Waals surface area contributed by atoms with Crippen LogP contribution in [-0.4, -0.2) is 5.91 Å². The summed E-state index contributed by atoms with van der Waals surface area (Å²) in [6.07, 6.45) is 0.378. The number of aryl methyl sites for hydroxylation is 1. The average Bonchev–Trinajstić information content (AvgIpc) is 2.74. The molecule has 1 aliphatic rings. The number of nitrogens with one attached hydrogen (secondary N) is 1. The number of hydrogen-bond acceptors (Lipinski definition) is 3. The molecule has 0 bridgehead atoms. The van der Waals surface area contributed by atoms with Gasteiger partial charge in [0.15, 0.2) is 5.75 Å². The van der Waals surface area contributed by atoms with Gasteiger partial charge in [-0.1, -0.05) is 12.1 Å². The van der Waals surface area contributed by atoms with E-state index in [2.05, 4.69) is 5.32 Å². The van der Waals surface area contributed by atoms with Gasteiger partial charge in [0.05, 0.1) is 12.1 Å². The molecule has 0 aliphatic carbocycles. The first kappa shape index (κ1) is 12.5. The third-order valence-corrected chi connectivity index (χ3v) is 3.64. The number of nitrogens with two attached hydrogens (primary N) is 1. The molecule has 0 spiro atoms. The number of benzene rings is 2. The highest BCUT2D eigenvalue weighted by molar-refractivity contribution is 6.00. The van der Waals surface area contributed by atoms with Gasteiger partial charge in [-0.3, -0.25) is 4.79 Å². The fourth-order valence-electron chi connectivity index (χ4n) is 2.32. The van der Waals surface area contributed by atoms with Crippen molar-refractivity contribution in [3.63, 3.8) is 0 Å². The van der Waals surface area contributed by atoms with Crippen LogP contribution in [-0.2, 0) is 11.2 Å². The molecule has 2 aromatic carbocycles. The molecule has 0 fully saturated rings. The first-order valence-corrected chi connectivity index (χ1v) is 6.51. The van der Waals surface area contributed by atoms with Crippen LogP contribution >= 0.6 is 0 Å². The van der Waals surface area contributed by atoms with Crippen molar-refractivity contribution in [2.24, 2.45) is 0 Å². The van der Waals surface area contributed by atoms with Gasteiger partial charge in [-0.05, 0) is 42.7 Å². The Hall–Kier alpha value is -2.49. The van der Waals surface area contributed by atoms with Crippen molar-refractivity contribution in [3.05, 3.63) is 47.0 Å². The van der Waals surface area contributed by atoms with E-state index in [1.807, 2.05) is 32.0 Å². The molecule has 4 nitrogen and oxygen atoms in total. The molecule has 1 heterocycles. The molecule has 0 saturated carbocycles. The lowest BCUT2D eigenvalue weighted by Gasteiger charge is -2.13. The summed E-state index contributed by atoms with van der Waals surface area (Å²) in [6.45, 7) is 4.05. The number of amides is 1. The minimum Gasteiger partial charge on any atom is -0.455 e. The molecule has 3 rings (SSSR count). The zero-order valence-electron chi connectivity index (χ0n) is 11.5. The Bertz CT molecular complexity index is 708. The molecule has 102 valence electrons. The van der Waals surface area contributed by atoms with Crippen molar-refractivity contribution in [1.82, 2.24) is 0 Å². The van der Waals surface area contributed by atoms with Gasteiger partial charge in [0.1, 0.15) is 5.75 Å². The van der Waals surface area contributed by atoms with Crippen LogP contribution in [0.2, 0.25) is 0 Å². The normalized spacial score (nSPS) is 13.0. The molecule has 4 heteroatoms. The molecule has 0 unspecified atom stereocenters. The Morgan fingerprint density at radius 2 is 2.00 bits per heavy atom. The monoisotopic (exact) mass is 268 g/mol. The van der Waals surface area contributed by atoms with E-state index in [-0.39, 0.29) is 5.91 Å². The minimum absolute atomic E-state index is 0.0108. The maximum absolute atomic E-state index is 11.4. The van der Waals surface area contributed by atoms with Gasteiger partial charge in [-0.15, -0.1) is 0 Å². The van der Waals surface area contributed by atoms with E-state index in [9.17, 15) is 4.79 Å². The fourth-order valence-corrected chi connectivity index (χ4v) is 2.32. The molecule has 0 atom stereocenters. The molecule has 1 aliphatic heterocycles. The second-order valence-corrected chi connectivity index (χ2v) is 5.07. The van der Waals surface area contributed by atoms with E-state index in [0.29, 0.717) is 17.9 Å². The van der Waals surface area contributed by atoms with E-state index in [0.717, 1.165) is 28.1 Å². The maximum Gasteiger partial charge on any atom is 0.228 e. The third kappa shape index (κ3) is 2.09. The van der Waals surface area contributed by atoms with Crippen molar-refractivity contribution in [1.29, 1.82) is 0 Å². The number of ether oxygens (including phenoxy) is 1. The summed E-state index contributed by atoms with van der Waals surface area (Å²) < 4.78 is 5.90. The number of hydrogen-bond donors (Lipinski definition) is 2. The van der Waals surface area contributed by atoms with Crippen LogP contribution in [0, 0.1) is 13.8 Å². The van der Waals surface area contributed by atoms with Gasteiger partial charge < -0.3 is 15.8 Å². The standard InChI is InChI=1S/C16H16N2O2/c1-9-4-3-5-14(10(9)2)20-15-8-13-11(6-12(15)17)7-16(19)18-13/h3-6,8H,7,17H2,1-2H3,(H,18,19). The summed E-state index contributed by atoms with van der Waals surface area (Å²) >= 11 is 0. The van der Waals surface area contributed by atoms with E-state index in [4.69, 9.17) is 10.5 Å². The molecular weight excluding hydrogens is 252 g/mol. The van der Waals surface area contributed by atoms with E-state index in [1.54, 1.807) is 12.1 Å². The quantitative estimate of drug-likeness (QED) is 0.822. The summed E-state index contributed by atoms with van der Waals surface area (Å²) in [4.78, 5) is 11.4. The number of rotatable bonds is 2. The lowest BCUT2D eigenvalue weighted by atomic mass is 10.1. The fraction of sp³-hybridized carbons (Fsp3) is 0.188. The number of nitrogen functional groups attached to an aromatic ring is 1. The van der Waals surface area contributed by atoms with Gasteiger partial charge in [0, 0.05) is 11.8 Å². The first-order valence-electron chi connectivity index (χ1n) is 6.51. The second-order valence-electron chi connectivity index (χ2n) is 5.07. The van der Waals surface area contributed by atoms with Gasteiger partial charge in [0.25, 0.3) is 0 Å². The predicted molar refractivity (Wildman–Crippen MR) is 79.2 cm³/mol. The molecule has 0 saturated heterocycles. The molecule has 3 N–H and O–H groups in total. The van der Waals surface area contributed by atoms with Crippen molar-refractivity contribution < 1.29 is 9.53 Å². The Balaban J connectivity index is 1.98. The van der Waals surface area contributed by atoms with Gasteiger partial charge in [-0.2, -0.15) is 0 Å². The van der Waals surface area contributed by atoms with Crippen LogP contribution < -0.4 is 15.8 Å². The first-order chi connectivity index (χ1) is 9.54. The van der Waals surface area contributed by atoms with E-state index >= 15 is 0 Å². The summed E-state index contributed by atoms with van der Waals surface area (Å²) in [6, 6.07) is 9.48. The number of carbonyl (C=O) groups is 1. The van der Waals surface area contributed by atoms with Crippen molar-refractivity contribution >= 4 is 17.3 Å². The van der Waals surface area contributed by atoms with Crippen LogP contribution in [0.1, 0.15) is 16.7 Å². The Morgan fingerprint density at radius 3 is 2.80 bits per heavy atom. The van der Waals surface area contributed by atoms with Crippen LogP contribution in [0.25, 0.3) is 0 Å². The molecule has 1 amide bonds. The molecule has 2 aromatic rings. The summed E-state index contributed by atoms with van der Waals surface area (Å²) in [5.41, 5.74) is 10.5. The van der Waals surface area contributed by atoms with E-state index < -0.39 is 0 Å². The third-order valence-electron chi connectivity index (χ3n) is 3.64. The Morgan fingerprint density at radius 1 is 1.20 bits per heavy atom. The van der Waals surface area contributed by atoms with E-state index in [1.165, 1.54) is 0 Å². The largest absolute Gasteiger partial charge is 0.455 e. The van der Waals surface area contributed by atoms with Crippen molar-refractivity contribution in [2.45, 2.75) is 20.3 Å². The number of anilines is 2. The molecule has 20 heavy (non-hydrogen) atoms. The highest BCUT2D eigenvalue weighted by atomic mass is 16.5. The van der Waals surface area contributed by atoms with Gasteiger partial charge in [0.2, 0.25) is 5.91 Å². The smallest absolute Gasteiger partial charge is 0.228 e. The lowest BCUT2D eigenvalue weighted by molar-refractivity contribution is -0.115. The van der Waals surface area contributed by atoms with Crippen LogP contribution in [0.15, 0.2) is 30.3 Å². The molecule has 0 aromatic heterocycles. The summed E-state index contributed by atoms with van der Waals surface area (Å²) in [5, 5.41) is 2.80. The zero-order valence-corrected chi connectivity index (χ0v) is 11.5. The average molecular weight is 268 g/mol. The van der Waals surface area contributed by atoms with Gasteiger partial charge in [-0.25, -0.2) is 0 Å². The Labute approximate surface area is 117 Å². The van der Waals surface area contributed by atoms with Crippen molar-refractivity contribution in [3.8, 4) is 11.5 Å². The highest BCUT2D eigenvalue weighted by Crippen LogP contribution is 2.36. The van der Waals surface area contributed by atoms with Crippen LogP contribution in [0.5, 0.6) is 11.5 Å². The van der Waals surface area contributed by atoms with Crippen LogP contribution in [0.3, 0.4) is 0 Å². The second kappa shape index (κ2) is 4.56. The Kier molecular flexibility index (Phi) is 2.86. The maximum atomic E-state index is 11.4. The highest BCUT2D eigenvalue weighted by Gasteiger charge is 2.20. The molecule has 0 radical (unpaired) electrons. The SMILES string of the molecule is Cc1cccc(Oc2cc3c(cc2N)CC(=O)N3)c1C. The lowest BCUT2D eigenvalue weighted by Crippen LogP contribution is -2.03. The summed E-state index contributed by atoms with van der Waals surface area (Å²) in [5.74, 6) is 1.34. The zero-order chi connectivity index (χ0) is 14.3. The minimum atomic E-state index is -0.0108. The predicted octanol–water partition coefficient (Wildman–Crippen LogP) is 3.17. The summed E-state index contributed by atoms with van der Waals surface area (Å²) in [7, 11) is 0. The van der Waals surface area contributed by atoms with Gasteiger partial charge >= 0.3 is 0 Å². The van der Waals surface area contributed by atoms with Crippen LogP contribution in [0.4, 0.5) is 11.4 Å². The molecular formula is C16H16N2O2. The number of fused-ring (bicyclic) bond motifs is 1.